The second-order valence-electron chi connectivity index (χ2n) is 8.67. The third-order valence-corrected chi connectivity index (χ3v) is 6.84. The molecule has 2 fully saturated rings. The van der Waals surface area contributed by atoms with E-state index in [9.17, 15) is 18.0 Å². The number of carbonyl (C=O) groups excluding carboxylic acids is 1. The van der Waals surface area contributed by atoms with E-state index in [4.69, 9.17) is 16.3 Å². The Morgan fingerprint density at radius 3 is 2.61 bits per heavy atom. The molecule has 0 aliphatic carbocycles. The highest BCUT2D eigenvalue weighted by molar-refractivity contribution is 6.33. The third kappa shape index (κ3) is 5.37. The molecule has 1 aromatic carbocycles. The molecule has 1 amide bonds. The van der Waals surface area contributed by atoms with Crippen LogP contribution in [0.5, 0.6) is 5.75 Å². The van der Waals surface area contributed by atoms with Gasteiger partial charge in [-0.15, -0.1) is 0 Å². The molecule has 5 nitrogen and oxygen atoms in total. The van der Waals surface area contributed by atoms with Crippen LogP contribution in [0, 0.1) is 5.92 Å². The second kappa shape index (κ2) is 9.79. The summed E-state index contributed by atoms with van der Waals surface area (Å²) in [6.45, 7) is 1.83. The Bertz CT molecular complexity index is 993. The van der Waals surface area contributed by atoms with Crippen LogP contribution in [-0.4, -0.2) is 48.6 Å². The molecular formula is C24H27ClF3N3O2. The molecule has 0 spiro atoms. The van der Waals surface area contributed by atoms with Gasteiger partial charge in [-0.2, -0.15) is 13.2 Å². The van der Waals surface area contributed by atoms with Crippen LogP contribution < -0.4 is 9.64 Å². The van der Waals surface area contributed by atoms with Crippen LogP contribution in [0.3, 0.4) is 0 Å². The number of methoxy groups -OCH3 is 1. The number of piperidine rings is 1. The fraction of sp³-hybridized carbons (Fsp3) is 0.500. The summed E-state index contributed by atoms with van der Waals surface area (Å²) < 4.78 is 43.9. The zero-order valence-electron chi connectivity index (χ0n) is 18.4. The summed E-state index contributed by atoms with van der Waals surface area (Å²) in [7, 11) is 1.64. The normalized spacial score (nSPS) is 19.7. The van der Waals surface area contributed by atoms with Crippen molar-refractivity contribution in [2.24, 2.45) is 5.92 Å². The first kappa shape index (κ1) is 23.7. The molecule has 33 heavy (non-hydrogen) atoms. The zero-order chi connectivity index (χ0) is 23.6. The van der Waals surface area contributed by atoms with Crippen molar-refractivity contribution >= 4 is 23.3 Å². The van der Waals surface area contributed by atoms with Gasteiger partial charge in [0, 0.05) is 37.8 Å². The van der Waals surface area contributed by atoms with Crippen molar-refractivity contribution in [1.29, 1.82) is 0 Å². The van der Waals surface area contributed by atoms with E-state index >= 15 is 0 Å². The number of amides is 1. The van der Waals surface area contributed by atoms with Crippen LogP contribution in [-0.2, 0) is 17.4 Å². The van der Waals surface area contributed by atoms with Crippen molar-refractivity contribution in [3.63, 3.8) is 0 Å². The summed E-state index contributed by atoms with van der Waals surface area (Å²) in [5.41, 5.74) is 0.286. The standard InChI is InChI=1S/C24H27ClF3N3O2/c1-33-20-6-2-4-16(13-20)12-19-5-3-9-31(19)23(32)17-7-10-30(11-8-17)22-21(25)14-18(15-29-22)24(26,27)28/h2,4,6,13-15,17,19H,3,5,7-12H2,1H3. The van der Waals surface area contributed by atoms with Gasteiger partial charge in [0.1, 0.15) is 11.6 Å². The van der Waals surface area contributed by atoms with Crippen LogP contribution in [0.15, 0.2) is 36.5 Å². The summed E-state index contributed by atoms with van der Waals surface area (Å²) >= 11 is 6.10. The number of hydrogen-bond donors (Lipinski definition) is 0. The first-order chi connectivity index (χ1) is 15.8. The average Bonchev–Trinajstić information content (AvgIpc) is 3.26. The highest BCUT2D eigenvalue weighted by Crippen LogP contribution is 2.35. The molecular weight excluding hydrogens is 455 g/mol. The number of anilines is 1. The molecule has 1 unspecified atom stereocenters. The number of nitrogens with zero attached hydrogens (tertiary/aromatic N) is 3. The topological polar surface area (TPSA) is 45.7 Å². The molecule has 0 N–H and O–H groups in total. The summed E-state index contributed by atoms with van der Waals surface area (Å²) in [6.07, 6.45) is 0.349. The van der Waals surface area contributed by atoms with Crippen molar-refractivity contribution in [3.05, 3.63) is 52.7 Å². The summed E-state index contributed by atoms with van der Waals surface area (Å²) in [5, 5.41) is -0.0208. The van der Waals surface area contributed by atoms with Crippen LogP contribution >= 0.6 is 11.6 Å². The molecule has 1 aromatic heterocycles. The third-order valence-electron chi connectivity index (χ3n) is 6.56. The minimum absolute atomic E-state index is 0.0208. The molecule has 4 rings (SSSR count). The van der Waals surface area contributed by atoms with Crippen molar-refractivity contribution < 1.29 is 22.7 Å². The maximum Gasteiger partial charge on any atom is 0.417 e. The van der Waals surface area contributed by atoms with Crippen molar-refractivity contribution in [2.45, 2.75) is 44.3 Å². The van der Waals surface area contributed by atoms with Gasteiger partial charge in [0.15, 0.2) is 0 Å². The lowest BCUT2D eigenvalue weighted by Crippen LogP contribution is -2.45. The van der Waals surface area contributed by atoms with E-state index in [0.717, 1.165) is 49.4 Å². The van der Waals surface area contributed by atoms with Crippen LogP contribution in [0.2, 0.25) is 5.02 Å². The molecule has 2 aliphatic heterocycles. The van der Waals surface area contributed by atoms with Crippen molar-refractivity contribution in [2.75, 3.05) is 31.6 Å². The molecule has 2 saturated heterocycles. The maximum atomic E-state index is 13.3. The molecule has 3 heterocycles. The van der Waals surface area contributed by atoms with Gasteiger partial charge >= 0.3 is 6.18 Å². The van der Waals surface area contributed by atoms with Gasteiger partial charge in [-0.25, -0.2) is 4.98 Å². The highest BCUT2D eigenvalue weighted by Gasteiger charge is 2.36. The summed E-state index contributed by atoms with van der Waals surface area (Å²) in [4.78, 5) is 21.1. The molecule has 0 saturated carbocycles. The van der Waals surface area contributed by atoms with Crippen molar-refractivity contribution in [3.8, 4) is 5.75 Å². The van der Waals surface area contributed by atoms with Gasteiger partial charge in [-0.05, 0) is 55.9 Å². The van der Waals surface area contributed by atoms with Gasteiger partial charge in [-0.3, -0.25) is 4.79 Å². The number of aromatic nitrogens is 1. The lowest BCUT2D eigenvalue weighted by Gasteiger charge is -2.36. The predicted octanol–water partition coefficient (Wildman–Crippen LogP) is 5.21. The zero-order valence-corrected chi connectivity index (χ0v) is 19.2. The van der Waals surface area contributed by atoms with Crippen LogP contribution in [0.4, 0.5) is 19.0 Å². The van der Waals surface area contributed by atoms with Gasteiger partial charge < -0.3 is 14.5 Å². The Balaban J connectivity index is 1.37. The van der Waals surface area contributed by atoms with E-state index < -0.39 is 11.7 Å². The number of ether oxygens (including phenoxy) is 1. The van der Waals surface area contributed by atoms with E-state index in [1.165, 1.54) is 0 Å². The first-order valence-electron chi connectivity index (χ1n) is 11.2. The van der Waals surface area contributed by atoms with E-state index in [-0.39, 0.29) is 22.9 Å². The van der Waals surface area contributed by atoms with Gasteiger partial charge in [0.05, 0.1) is 17.7 Å². The second-order valence-corrected chi connectivity index (χ2v) is 9.08. The Labute approximate surface area is 196 Å². The van der Waals surface area contributed by atoms with Gasteiger partial charge in [0.25, 0.3) is 0 Å². The Kier molecular flexibility index (Phi) is 7.02. The van der Waals surface area contributed by atoms with Gasteiger partial charge in [0.2, 0.25) is 5.91 Å². The van der Waals surface area contributed by atoms with Crippen LogP contribution in [0.1, 0.15) is 36.8 Å². The summed E-state index contributed by atoms with van der Waals surface area (Å²) in [5.74, 6) is 1.23. The average molecular weight is 482 g/mol. The fourth-order valence-corrected chi connectivity index (χ4v) is 5.09. The molecule has 178 valence electrons. The molecule has 0 bridgehead atoms. The highest BCUT2D eigenvalue weighted by atomic mass is 35.5. The Morgan fingerprint density at radius 1 is 1.18 bits per heavy atom. The van der Waals surface area contributed by atoms with Crippen molar-refractivity contribution in [1.82, 2.24) is 9.88 Å². The fourth-order valence-electron chi connectivity index (χ4n) is 4.80. The molecule has 2 aliphatic rings. The van der Waals surface area contributed by atoms with E-state index in [0.29, 0.717) is 31.7 Å². The number of likely N-dealkylation sites (tertiary alicyclic amines) is 1. The van der Waals surface area contributed by atoms with E-state index in [1.807, 2.05) is 28.0 Å². The number of hydrogen-bond acceptors (Lipinski definition) is 4. The van der Waals surface area contributed by atoms with Crippen LogP contribution in [0.25, 0.3) is 0 Å². The number of benzene rings is 1. The minimum Gasteiger partial charge on any atom is -0.497 e. The Morgan fingerprint density at radius 2 is 1.94 bits per heavy atom. The Hall–Kier alpha value is -2.48. The largest absolute Gasteiger partial charge is 0.497 e. The molecule has 9 heteroatoms. The minimum atomic E-state index is -4.48. The van der Waals surface area contributed by atoms with E-state index in [1.54, 1.807) is 7.11 Å². The summed E-state index contributed by atoms with van der Waals surface area (Å²) in [6, 6.07) is 9.03. The van der Waals surface area contributed by atoms with Gasteiger partial charge in [-0.1, -0.05) is 23.7 Å². The number of alkyl halides is 3. The molecule has 0 radical (unpaired) electrons. The predicted molar refractivity (Wildman–Crippen MR) is 121 cm³/mol. The smallest absolute Gasteiger partial charge is 0.417 e. The van der Waals surface area contributed by atoms with E-state index in [2.05, 4.69) is 11.1 Å². The molecule has 1 atom stereocenters. The monoisotopic (exact) mass is 481 g/mol. The molecule has 2 aromatic rings. The SMILES string of the molecule is COc1cccc(CC2CCCN2C(=O)C2CCN(c3ncc(C(F)(F)F)cc3Cl)CC2)c1. The number of halogens is 4. The lowest BCUT2D eigenvalue weighted by atomic mass is 9.94. The number of pyridine rings is 1. The lowest BCUT2D eigenvalue weighted by molar-refractivity contribution is -0.138. The maximum absolute atomic E-state index is 13.3. The number of carbonyl (C=O) groups is 1. The first-order valence-corrected chi connectivity index (χ1v) is 11.5. The number of rotatable bonds is 5. The quantitative estimate of drug-likeness (QED) is 0.588.